The Hall–Kier alpha value is -2.18. The highest BCUT2D eigenvalue weighted by atomic mass is 19.4. The molecule has 0 aliphatic rings. The fraction of sp³-hybridized carbons (Fsp3) is 0.0833. The molecule has 19 heavy (non-hydrogen) atoms. The third-order valence-electron chi connectivity index (χ3n) is 2.15. The van der Waals surface area contributed by atoms with Gasteiger partial charge in [-0.1, -0.05) is 12.1 Å². The van der Waals surface area contributed by atoms with Crippen molar-refractivity contribution in [1.82, 2.24) is 4.98 Å². The maximum absolute atomic E-state index is 13.4. The van der Waals surface area contributed by atoms with Crippen LogP contribution in [0.5, 0.6) is 5.75 Å². The fourth-order valence-corrected chi connectivity index (χ4v) is 1.47. The minimum absolute atomic E-state index is 0.0549. The number of alkyl halides is 3. The van der Waals surface area contributed by atoms with E-state index in [0.29, 0.717) is 6.07 Å². The van der Waals surface area contributed by atoms with Gasteiger partial charge in [-0.3, -0.25) is 4.98 Å². The minimum atomic E-state index is -4.84. The number of pyridine rings is 1. The molecule has 2 nitrogen and oxygen atoms in total. The van der Waals surface area contributed by atoms with Crippen molar-refractivity contribution in [3.63, 3.8) is 0 Å². The second kappa shape index (κ2) is 4.83. The van der Waals surface area contributed by atoms with Gasteiger partial charge >= 0.3 is 6.36 Å². The van der Waals surface area contributed by atoms with Gasteiger partial charge in [0.2, 0.25) is 0 Å². The van der Waals surface area contributed by atoms with Crippen LogP contribution in [0.4, 0.5) is 22.0 Å². The Morgan fingerprint density at radius 2 is 1.79 bits per heavy atom. The van der Waals surface area contributed by atoms with E-state index in [4.69, 9.17) is 0 Å². The topological polar surface area (TPSA) is 22.1 Å². The number of halogens is 5. The van der Waals surface area contributed by atoms with Gasteiger partial charge in [-0.15, -0.1) is 13.2 Å². The number of rotatable bonds is 2. The normalized spacial score (nSPS) is 11.4. The van der Waals surface area contributed by atoms with E-state index in [0.717, 1.165) is 18.3 Å². The molecule has 100 valence electrons. The number of hydrogen-bond donors (Lipinski definition) is 0. The van der Waals surface area contributed by atoms with Crippen molar-refractivity contribution in [2.24, 2.45) is 0 Å². The Morgan fingerprint density at radius 3 is 2.42 bits per heavy atom. The smallest absolute Gasteiger partial charge is 0.406 e. The quantitative estimate of drug-likeness (QED) is 0.775. The average Bonchev–Trinajstić information content (AvgIpc) is 2.26. The Balaban J connectivity index is 2.38. The summed E-state index contributed by atoms with van der Waals surface area (Å²) in [6.45, 7) is 0. The van der Waals surface area contributed by atoms with Crippen molar-refractivity contribution >= 4 is 0 Å². The van der Waals surface area contributed by atoms with Gasteiger partial charge in [-0.25, -0.2) is 8.78 Å². The predicted octanol–water partition coefficient (Wildman–Crippen LogP) is 3.93. The van der Waals surface area contributed by atoms with E-state index in [-0.39, 0.29) is 11.3 Å². The van der Waals surface area contributed by atoms with Crippen LogP contribution in [0.3, 0.4) is 0 Å². The molecule has 0 N–H and O–H groups in total. The van der Waals surface area contributed by atoms with Crippen LogP contribution < -0.4 is 4.74 Å². The average molecular weight is 275 g/mol. The highest BCUT2D eigenvalue weighted by Gasteiger charge is 2.31. The second-order valence-electron chi connectivity index (χ2n) is 3.56. The summed E-state index contributed by atoms with van der Waals surface area (Å²) in [4.78, 5) is 3.50. The van der Waals surface area contributed by atoms with Gasteiger partial charge in [0, 0.05) is 11.6 Å². The molecule has 0 atom stereocenters. The molecular weight excluding hydrogens is 269 g/mol. The zero-order chi connectivity index (χ0) is 14.0. The molecule has 0 bridgehead atoms. The van der Waals surface area contributed by atoms with Crippen molar-refractivity contribution < 1.29 is 26.7 Å². The molecule has 1 heterocycles. The minimum Gasteiger partial charge on any atom is -0.406 e. The van der Waals surface area contributed by atoms with Crippen molar-refractivity contribution in [3.05, 3.63) is 48.2 Å². The molecule has 1 aromatic carbocycles. The van der Waals surface area contributed by atoms with Crippen LogP contribution in [-0.2, 0) is 0 Å². The van der Waals surface area contributed by atoms with E-state index < -0.39 is 23.7 Å². The third-order valence-corrected chi connectivity index (χ3v) is 2.15. The fourth-order valence-electron chi connectivity index (χ4n) is 1.47. The third kappa shape index (κ3) is 3.40. The van der Waals surface area contributed by atoms with Crippen molar-refractivity contribution in [2.75, 3.05) is 0 Å². The molecule has 0 radical (unpaired) electrons. The number of ether oxygens (including phenoxy) is 1. The summed E-state index contributed by atoms with van der Waals surface area (Å²) in [5.41, 5.74) is -0.201. The zero-order valence-corrected chi connectivity index (χ0v) is 9.21. The van der Waals surface area contributed by atoms with Crippen LogP contribution in [0.25, 0.3) is 11.3 Å². The van der Waals surface area contributed by atoms with Crippen LogP contribution in [0.15, 0.2) is 36.5 Å². The number of aromatic nitrogens is 1. The maximum atomic E-state index is 13.4. The van der Waals surface area contributed by atoms with Crippen LogP contribution in [0.2, 0.25) is 0 Å². The SMILES string of the molecule is Fc1cnc(-c2cccc(OC(F)(F)F)c2)c(F)c1. The Bertz CT molecular complexity index is 597. The molecule has 7 heteroatoms. The van der Waals surface area contributed by atoms with Crippen LogP contribution >= 0.6 is 0 Å². The van der Waals surface area contributed by atoms with Gasteiger partial charge in [-0.2, -0.15) is 0 Å². The molecule has 0 aliphatic carbocycles. The lowest BCUT2D eigenvalue weighted by molar-refractivity contribution is -0.274. The monoisotopic (exact) mass is 275 g/mol. The molecule has 1 aromatic heterocycles. The molecule has 0 aliphatic heterocycles. The van der Waals surface area contributed by atoms with Gasteiger partial charge < -0.3 is 4.74 Å². The zero-order valence-electron chi connectivity index (χ0n) is 9.21. The van der Waals surface area contributed by atoms with Crippen LogP contribution in [0.1, 0.15) is 0 Å². The summed E-state index contributed by atoms with van der Waals surface area (Å²) < 4.78 is 66.0. The summed E-state index contributed by atoms with van der Waals surface area (Å²) in [6, 6.07) is 5.22. The highest BCUT2D eigenvalue weighted by molar-refractivity contribution is 5.61. The second-order valence-corrected chi connectivity index (χ2v) is 3.56. The summed E-state index contributed by atoms with van der Waals surface area (Å²) >= 11 is 0. The largest absolute Gasteiger partial charge is 0.573 e. The van der Waals surface area contributed by atoms with Gasteiger partial charge in [0.25, 0.3) is 0 Å². The van der Waals surface area contributed by atoms with E-state index >= 15 is 0 Å². The van der Waals surface area contributed by atoms with Gasteiger partial charge in [0.15, 0.2) is 5.82 Å². The molecule has 0 amide bonds. The first-order valence-corrected chi connectivity index (χ1v) is 5.02. The molecular formula is C12H6F5NO. The van der Waals surface area contributed by atoms with Crippen molar-refractivity contribution in [2.45, 2.75) is 6.36 Å². The van der Waals surface area contributed by atoms with E-state index in [9.17, 15) is 22.0 Å². The van der Waals surface area contributed by atoms with Gasteiger partial charge in [0.1, 0.15) is 17.3 Å². The van der Waals surface area contributed by atoms with Crippen molar-refractivity contribution in [3.8, 4) is 17.0 Å². The summed E-state index contributed by atoms with van der Waals surface area (Å²) in [6.07, 6.45) is -4.07. The first-order chi connectivity index (χ1) is 8.85. The number of nitrogens with zero attached hydrogens (tertiary/aromatic N) is 1. The van der Waals surface area contributed by atoms with E-state index in [1.807, 2.05) is 0 Å². The predicted molar refractivity (Wildman–Crippen MR) is 56.3 cm³/mol. The maximum Gasteiger partial charge on any atom is 0.573 e. The first kappa shape index (κ1) is 13.3. The molecule has 2 aromatic rings. The van der Waals surface area contributed by atoms with E-state index in [1.54, 1.807) is 0 Å². The van der Waals surface area contributed by atoms with E-state index in [2.05, 4.69) is 9.72 Å². The number of benzene rings is 1. The molecule has 0 spiro atoms. The van der Waals surface area contributed by atoms with Gasteiger partial charge in [0.05, 0.1) is 6.20 Å². The molecule has 0 saturated heterocycles. The lowest BCUT2D eigenvalue weighted by Crippen LogP contribution is -2.17. The Morgan fingerprint density at radius 1 is 1.05 bits per heavy atom. The lowest BCUT2D eigenvalue weighted by Gasteiger charge is -2.10. The summed E-state index contributed by atoms with van der Waals surface area (Å²) in [5.74, 6) is -2.34. The number of hydrogen-bond acceptors (Lipinski definition) is 2. The Labute approximate surface area is 104 Å². The summed E-state index contributed by atoms with van der Waals surface area (Å²) in [7, 11) is 0. The van der Waals surface area contributed by atoms with Crippen molar-refractivity contribution in [1.29, 1.82) is 0 Å². The molecule has 0 unspecified atom stereocenters. The van der Waals surface area contributed by atoms with Crippen LogP contribution in [-0.4, -0.2) is 11.3 Å². The van der Waals surface area contributed by atoms with Crippen LogP contribution in [0, 0.1) is 11.6 Å². The molecule has 0 fully saturated rings. The molecule has 2 rings (SSSR count). The lowest BCUT2D eigenvalue weighted by atomic mass is 10.1. The summed E-state index contributed by atoms with van der Waals surface area (Å²) in [5, 5.41) is 0. The molecule has 0 saturated carbocycles. The Kier molecular flexibility index (Phi) is 3.37. The van der Waals surface area contributed by atoms with E-state index in [1.165, 1.54) is 12.1 Å². The standard InChI is InChI=1S/C12H6F5NO/c13-8-5-10(14)11(18-6-8)7-2-1-3-9(4-7)19-12(15,16)17/h1-6H. The first-order valence-electron chi connectivity index (χ1n) is 5.02. The van der Waals surface area contributed by atoms with Gasteiger partial charge in [-0.05, 0) is 12.1 Å². The highest BCUT2D eigenvalue weighted by Crippen LogP contribution is 2.28.